The fraction of sp³-hybridized carbons (Fsp3) is 0.409. The Morgan fingerprint density at radius 1 is 1.07 bits per heavy atom. The molecule has 3 rings (SSSR count). The Morgan fingerprint density at radius 2 is 1.90 bits per heavy atom. The molecule has 0 saturated carbocycles. The van der Waals surface area contributed by atoms with Gasteiger partial charge < -0.3 is 19.7 Å². The van der Waals surface area contributed by atoms with Gasteiger partial charge in [0.05, 0.1) is 18.8 Å². The Hall–Kier alpha value is -3.09. The van der Waals surface area contributed by atoms with Crippen LogP contribution in [0.25, 0.3) is 0 Å². The van der Waals surface area contributed by atoms with E-state index in [0.29, 0.717) is 30.2 Å². The molecule has 0 unspecified atom stereocenters. The van der Waals surface area contributed by atoms with Crippen LogP contribution in [0.2, 0.25) is 0 Å². The van der Waals surface area contributed by atoms with Crippen molar-refractivity contribution in [3.05, 3.63) is 53.9 Å². The molecule has 0 atom stereocenters. The number of piperidine rings is 1. The largest absolute Gasteiger partial charge is 0.490 e. The van der Waals surface area contributed by atoms with Crippen molar-refractivity contribution in [1.82, 2.24) is 15.2 Å². The number of ether oxygens (including phenoxy) is 2. The third-order valence-corrected chi connectivity index (χ3v) is 4.72. The van der Waals surface area contributed by atoms with Gasteiger partial charge in [0.25, 0.3) is 11.8 Å². The Labute approximate surface area is 171 Å². The molecular formula is C22H27N3O4. The summed E-state index contributed by atoms with van der Waals surface area (Å²) < 4.78 is 11.3. The van der Waals surface area contributed by atoms with Crippen molar-refractivity contribution < 1.29 is 19.1 Å². The third-order valence-electron chi connectivity index (χ3n) is 4.72. The predicted octanol–water partition coefficient (Wildman–Crippen LogP) is 2.80. The maximum atomic E-state index is 12.5. The van der Waals surface area contributed by atoms with E-state index in [2.05, 4.69) is 10.3 Å². The second-order valence-corrected chi connectivity index (χ2v) is 6.83. The molecule has 2 aromatic rings. The third kappa shape index (κ3) is 5.94. The number of carbonyl (C=O) groups is 2. The standard InChI is InChI=1S/C22H27N3O4/c1-2-28-20-14-17(22(27)24-15-18-8-4-5-11-23-18)9-10-19(20)29-16-21(26)25-12-6-3-7-13-25/h4-5,8-11,14H,2-3,6-7,12-13,15-16H2,1H3,(H,24,27). The summed E-state index contributed by atoms with van der Waals surface area (Å²) in [5, 5.41) is 2.84. The first-order chi connectivity index (χ1) is 14.2. The summed E-state index contributed by atoms with van der Waals surface area (Å²) in [6, 6.07) is 10.5. The number of benzene rings is 1. The van der Waals surface area contributed by atoms with Crippen molar-refractivity contribution in [3.8, 4) is 11.5 Å². The molecule has 0 aliphatic carbocycles. The van der Waals surface area contributed by atoms with Crippen LogP contribution in [0.15, 0.2) is 42.6 Å². The second-order valence-electron chi connectivity index (χ2n) is 6.83. The number of aromatic nitrogens is 1. The zero-order valence-electron chi connectivity index (χ0n) is 16.7. The maximum Gasteiger partial charge on any atom is 0.260 e. The van der Waals surface area contributed by atoms with Gasteiger partial charge in [-0.3, -0.25) is 14.6 Å². The first kappa shape index (κ1) is 20.6. The number of pyridine rings is 1. The first-order valence-electron chi connectivity index (χ1n) is 10.0. The van der Waals surface area contributed by atoms with Crippen LogP contribution in [0.5, 0.6) is 11.5 Å². The molecule has 1 aliphatic rings. The Balaban J connectivity index is 1.61. The lowest BCUT2D eigenvalue weighted by Gasteiger charge is -2.26. The van der Waals surface area contributed by atoms with E-state index in [-0.39, 0.29) is 18.4 Å². The van der Waals surface area contributed by atoms with Gasteiger partial charge in [0, 0.05) is 24.8 Å². The molecule has 1 aromatic carbocycles. The predicted molar refractivity (Wildman–Crippen MR) is 109 cm³/mol. The highest BCUT2D eigenvalue weighted by Gasteiger charge is 2.18. The van der Waals surface area contributed by atoms with Gasteiger partial charge in [-0.05, 0) is 56.5 Å². The van der Waals surface area contributed by atoms with E-state index in [1.807, 2.05) is 30.0 Å². The molecule has 1 N–H and O–H groups in total. The summed E-state index contributed by atoms with van der Waals surface area (Å²) in [4.78, 5) is 30.8. The highest BCUT2D eigenvalue weighted by molar-refractivity contribution is 5.94. The van der Waals surface area contributed by atoms with Gasteiger partial charge in [0.15, 0.2) is 18.1 Å². The number of nitrogens with zero attached hydrogens (tertiary/aromatic N) is 2. The lowest BCUT2D eigenvalue weighted by molar-refractivity contribution is -0.134. The molecular weight excluding hydrogens is 370 g/mol. The zero-order valence-corrected chi connectivity index (χ0v) is 16.7. The lowest BCUT2D eigenvalue weighted by Crippen LogP contribution is -2.38. The van der Waals surface area contributed by atoms with E-state index in [9.17, 15) is 9.59 Å². The number of nitrogens with one attached hydrogen (secondary N) is 1. The molecule has 0 radical (unpaired) electrons. The van der Waals surface area contributed by atoms with Crippen molar-refractivity contribution >= 4 is 11.8 Å². The fourth-order valence-corrected chi connectivity index (χ4v) is 3.19. The monoisotopic (exact) mass is 397 g/mol. The Bertz CT molecular complexity index is 820. The van der Waals surface area contributed by atoms with Crippen molar-refractivity contribution in [2.24, 2.45) is 0 Å². The molecule has 2 heterocycles. The molecule has 7 heteroatoms. The topological polar surface area (TPSA) is 80.8 Å². The number of carbonyl (C=O) groups excluding carboxylic acids is 2. The van der Waals surface area contributed by atoms with Gasteiger partial charge in [-0.1, -0.05) is 6.07 Å². The summed E-state index contributed by atoms with van der Waals surface area (Å²) in [5.41, 5.74) is 1.24. The van der Waals surface area contributed by atoms with Crippen LogP contribution in [-0.2, 0) is 11.3 Å². The molecule has 0 bridgehead atoms. The fourth-order valence-electron chi connectivity index (χ4n) is 3.19. The van der Waals surface area contributed by atoms with Crippen LogP contribution < -0.4 is 14.8 Å². The molecule has 1 fully saturated rings. The summed E-state index contributed by atoms with van der Waals surface area (Å²) in [6.07, 6.45) is 4.94. The van der Waals surface area contributed by atoms with E-state index >= 15 is 0 Å². The molecule has 7 nitrogen and oxygen atoms in total. The number of hydrogen-bond acceptors (Lipinski definition) is 5. The van der Waals surface area contributed by atoms with Crippen molar-refractivity contribution in [2.75, 3.05) is 26.3 Å². The molecule has 0 spiro atoms. The molecule has 29 heavy (non-hydrogen) atoms. The number of hydrogen-bond donors (Lipinski definition) is 1. The van der Waals surface area contributed by atoms with E-state index < -0.39 is 0 Å². The zero-order chi connectivity index (χ0) is 20.5. The lowest BCUT2D eigenvalue weighted by atomic mass is 10.1. The van der Waals surface area contributed by atoms with Gasteiger partial charge in [-0.2, -0.15) is 0 Å². The summed E-state index contributed by atoms with van der Waals surface area (Å²) in [5.74, 6) is 0.653. The van der Waals surface area contributed by atoms with Gasteiger partial charge in [-0.25, -0.2) is 0 Å². The minimum atomic E-state index is -0.229. The van der Waals surface area contributed by atoms with Crippen LogP contribution in [-0.4, -0.2) is 48.0 Å². The van der Waals surface area contributed by atoms with Crippen LogP contribution in [0.3, 0.4) is 0 Å². The average molecular weight is 397 g/mol. The van der Waals surface area contributed by atoms with Crippen molar-refractivity contribution in [2.45, 2.75) is 32.7 Å². The Morgan fingerprint density at radius 3 is 2.62 bits per heavy atom. The van der Waals surface area contributed by atoms with Gasteiger partial charge in [0.1, 0.15) is 0 Å². The van der Waals surface area contributed by atoms with Crippen LogP contribution in [0.4, 0.5) is 0 Å². The number of rotatable bonds is 8. The summed E-state index contributed by atoms with van der Waals surface area (Å²) in [6.45, 7) is 4.16. The number of amides is 2. The van der Waals surface area contributed by atoms with E-state index in [0.717, 1.165) is 31.6 Å². The van der Waals surface area contributed by atoms with E-state index in [4.69, 9.17) is 9.47 Å². The SMILES string of the molecule is CCOc1cc(C(=O)NCc2ccccn2)ccc1OCC(=O)N1CCCCC1. The average Bonchev–Trinajstić information content (AvgIpc) is 2.78. The van der Waals surface area contributed by atoms with Crippen molar-refractivity contribution in [3.63, 3.8) is 0 Å². The van der Waals surface area contributed by atoms with Crippen LogP contribution in [0, 0.1) is 0 Å². The molecule has 154 valence electrons. The van der Waals surface area contributed by atoms with Gasteiger partial charge in [0.2, 0.25) is 0 Å². The van der Waals surface area contributed by atoms with Crippen LogP contribution in [0.1, 0.15) is 42.2 Å². The Kier molecular flexibility index (Phi) is 7.44. The van der Waals surface area contributed by atoms with Crippen LogP contribution >= 0.6 is 0 Å². The molecule has 2 amide bonds. The number of likely N-dealkylation sites (tertiary alicyclic amines) is 1. The quantitative estimate of drug-likeness (QED) is 0.741. The second kappa shape index (κ2) is 10.5. The smallest absolute Gasteiger partial charge is 0.260 e. The maximum absolute atomic E-state index is 12.5. The molecule has 1 saturated heterocycles. The first-order valence-corrected chi connectivity index (χ1v) is 10.0. The van der Waals surface area contributed by atoms with E-state index in [1.54, 1.807) is 24.4 Å². The summed E-state index contributed by atoms with van der Waals surface area (Å²) >= 11 is 0. The minimum absolute atomic E-state index is 0.0238. The van der Waals surface area contributed by atoms with Crippen molar-refractivity contribution in [1.29, 1.82) is 0 Å². The van der Waals surface area contributed by atoms with E-state index in [1.165, 1.54) is 6.42 Å². The van der Waals surface area contributed by atoms with Gasteiger partial charge in [-0.15, -0.1) is 0 Å². The summed E-state index contributed by atoms with van der Waals surface area (Å²) in [7, 11) is 0. The highest BCUT2D eigenvalue weighted by atomic mass is 16.5. The normalized spacial score (nSPS) is 13.6. The van der Waals surface area contributed by atoms with Gasteiger partial charge >= 0.3 is 0 Å². The molecule has 1 aromatic heterocycles. The minimum Gasteiger partial charge on any atom is -0.490 e. The highest BCUT2D eigenvalue weighted by Crippen LogP contribution is 2.28. The molecule has 1 aliphatic heterocycles.